The molecule has 0 saturated heterocycles. The number of nitrogens with zero attached hydrogens (tertiary/aromatic N) is 1. The zero-order chi connectivity index (χ0) is 18.6. The van der Waals surface area contributed by atoms with Gasteiger partial charge in [-0.25, -0.2) is 4.79 Å². The summed E-state index contributed by atoms with van der Waals surface area (Å²) in [5.41, 5.74) is -0.301. The summed E-state index contributed by atoms with van der Waals surface area (Å²) in [5.74, 6) is -1.43. The molecule has 2 rings (SSSR count). The average molecular weight is 383 g/mol. The molecule has 0 aliphatic carbocycles. The molecule has 0 radical (unpaired) electrons. The second-order valence-electron chi connectivity index (χ2n) is 4.82. The van der Waals surface area contributed by atoms with Crippen molar-refractivity contribution in [2.75, 3.05) is 11.9 Å². The molecule has 9 heteroatoms. The predicted octanol–water partition coefficient (Wildman–Crippen LogP) is 4.33. The molecule has 0 fully saturated rings. The van der Waals surface area contributed by atoms with Crippen molar-refractivity contribution in [2.45, 2.75) is 6.92 Å². The van der Waals surface area contributed by atoms with Gasteiger partial charge in [-0.3, -0.25) is 14.9 Å². The third-order valence-corrected chi connectivity index (χ3v) is 3.63. The second kappa shape index (κ2) is 7.96. The van der Waals surface area contributed by atoms with E-state index < -0.39 is 22.5 Å². The Hall–Kier alpha value is -2.64. The highest BCUT2D eigenvalue weighted by atomic mass is 35.5. The monoisotopic (exact) mass is 382 g/mol. The Labute approximate surface area is 152 Å². The van der Waals surface area contributed by atoms with Crippen LogP contribution in [0.4, 0.5) is 11.4 Å². The Bertz CT molecular complexity index is 854. The predicted molar refractivity (Wildman–Crippen MR) is 93.5 cm³/mol. The lowest BCUT2D eigenvalue weighted by Crippen LogP contribution is -2.14. The van der Waals surface area contributed by atoms with Gasteiger partial charge in [0.2, 0.25) is 0 Å². The van der Waals surface area contributed by atoms with Gasteiger partial charge in [-0.2, -0.15) is 0 Å². The fourth-order valence-corrected chi connectivity index (χ4v) is 2.42. The van der Waals surface area contributed by atoms with Crippen LogP contribution in [-0.4, -0.2) is 23.4 Å². The van der Waals surface area contributed by atoms with Crippen molar-refractivity contribution in [2.24, 2.45) is 0 Å². The number of carbonyl (C=O) groups excluding carboxylic acids is 2. The Balaban J connectivity index is 2.37. The standard InChI is InChI=1S/C16H12Cl2N2O5/c1-2-25-16(22)10-5-9(6-12(7-10)20(23)24)15(21)19-14-4-3-11(17)8-13(14)18/h3-8H,2H2,1H3,(H,19,21). The first-order chi connectivity index (χ1) is 11.8. The van der Waals surface area contributed by atoms with Crippen LogP contribution >= 0.6 is 23.2 Å². The number of non-ortho nitro benzene ring substituents is 1. The SMILES string of the molecule is CCOC(=O)c1cc(C(=O)Nc2ccc(Cl)cc2Cl)cc([N+](=O)[O-])c1. The Kier molecular flexibility index (Phi) is 5.95. The van der Waals surface area contributed by atoms with E-state index in [4.69, 9.17) is 27.9 Å². The second-order valence-corrected chi connectivity index (χ2v) is 5.67. The molecule has 7 nitrogen and oxygen atoms in total. The third kappa shape index (κ3) is 4.68. The molecule has 0 unspecified atom stereocenters. The summed E-state index contributed by atoms with van der Waals surface area (Å²) < 4.78 is 4.82. The molecule has 0 aliphatic rings. The maximum Gasteiger partial charge on any atom is 0.338 e. The molecule has 2 aromatic carbocycles. The summed E-state index contributed by atoms with van der Waals surface area (Å²) in [4.78, 5) is 34.6. The van der Waals surface area contributed by atoms with Crippen LogP contribution in [0.2, 0.25) is 10.0 Å². The van der Waals surface area contributed by atoms with E-state index in [1.807, 2.05) is 0 Å². The molecule has 0 aliphatic heterocycles. The number of amides is 1. The Morgan fingerprint density at radius 3 is 2.44 bits per heavy atom. The molecular weight excluding hydrogens is 371 g/mol. The van der Waals surface area contributed by atoms with E-state index in [0.29, 0.717) is 5.02 Å². The quantitative estimate of drug-likeness (QED) is 0.471. The van der Waals surface area contributed by atoms with E-state index in [-0.39, 0.29) is 28.4 Å². The number of hydrogen-bond acceptors (Lipinski definition) is 5. The smallest absolute Gasteiger partial charge is 0.338 e. The van der Waals surface area contributed by atoms with E-state index in [1.165, 1.54) is 24.3 Å². The molecular formula is C16H12Cl2N2O5. The number of carbonyl (C=O) groups is 2. The molecule has 0 spiro atoms. The van der Waals surface area contributed by atoms with Crippen molar-refractivity contribution in [1.82, 2.24) is 0 Å². The van der Waals surface area contributed by atoms with Gasteiger partial charge in [0.15, 0.2) is 0 Å². The molecule has 1 N–H and O–H groups in total. The lowest BCUT2D eigenvalue weighted by Gasteiger charge is -2.09. The van der Waals surface area contributed by atoms with Gasteiger partial charge >= 0.3 is 5.97 Å². The highest BCUT2D eigenvalue weighted by Gasteiger charge is 2.19. The number of anilines is 1. The number of nitrogens with one attached hydrogen (secondary N) is 1. The first-order valence-corrected chi connectivity index (χ1v) is 7.80. The largest absolute Gasteiger partial charge is 0.462 e. The zero-order valence-electron chi connectivity index (χ0n) is 12.9. The normalized spacial score (nSPS) is 10.2. The average Bonchev–Trinajstić information content (AvgIpc) is 2.57. The van der Waals surface area contributed by atoms with Crippen molar-refractivity contribution in [3.63, 3.8) is 0 Å². The van der Waals surface area contributed by atoms with E-state index in [2.05, 4.69) is 5.32 Å². The summed E-state index contributed by atoms with van der Waals surface area (Å²) in [7, 11) is 0. The van der Waals surface area contributed by atoms with E-state index in [0.717, 1.165) is 12.1 Å². The lowest BCUT2D eigenvalue weighted by atomic mass is 10.1. The summed E-state index contributed by atoms with van der Waals surface area (Å²) in [6, 6.07) is 7.78. The Morgan fingerprint density at radius 2 is 1.84 bits per heavy atom. The van der Waals surface area contributed by atoms with Crippen LogP contribution in [0.25, 0.3) is 0 Å². The zero-order valence-corrected chi connectivity index (χ0v) is 14.4. The molecule has 2 aromatic rings. The summed E-state index contributed by atoms with van der Waals surface area (Å²) in [6.07, 6.45) is 0. The van der Waals surface area contributed by atoms with Gasteiger partial charge in [0, 0.05) is 22.7 Å². The Morgan fingerprint density at radius 1 is 1.16 bits per heavy atom. The molecule has 130 valence electrons. The fraction of sp³-hybridized carbons (Fsp3) is 0.125. The van der Waals surface area contributed by atoms with Crippen LogP contribution in [0.5, 0.6) is 0 Å². The molecule has 25 heavy (non-hydrogen) atoms. The molecule has 0 aromatic heterocycles. The van der Waals surface area contributed by atoms with Crippen LogP contribution in [0, 0.1) is 10.1 Å². The van der Waals surface area contributed by atoms with Gasteiger partial charge in [0.25, 0.3) is 11.6 Å². The lowest BCUT2D eigenvalue weighted by molar-refractivity contribution is -0.384. The minimum atomic E-state index is -0.759. The van der Waals surface area contributed by atoms with Crippen LogP contribution in [0.15, 0.2) is 36.4 Å². The molecule has 1 amide bonds. The van der Waals surface area contributed by atoms with Gasteiger partial charge in [0.05, 0.1) is 27.8 Å². The van der Waals surface area contributed by atoms with Gasteiger partial charge in [-0.05, 0) is 31.2 Å². The third-order valence-electron chi connectivity index (χ3n) is 3.08. The van der Waals surface area contributed by atoms with E-state index in [1.54, 1.807) is 6.92 Å². The van der Waals surface area contributed by atoms with Crippen LogP contribution in [0.3, 0.4) is 0 Å². The van der Waals surface area contributed by atoms with Crippen molar-refractivity contribution in [1.29, 1.82) is 0 Å². The fourth-order valence-electron chi connectivity index (χ4n) is 1.97. The van der Waals surface area contributed by atoms with Gasteiger partial charge < -0.3 is 10.1 Å². The molecule has 0 atom stereocenters. The number of hydrogen-bond donors (Lipinski definition) is 1. The maximum atomic E-state index is 12.4. The summed E-state index contributed by atoms with van der Waals surface area (Å²) >= 11 is 11.8. The molecule has 0 bridgehead atoms. The van der Waals surface area contributed by atoms with Crippen molar-refractivity contribution in [3.8, 4) is 0 Å². The highest BCUT2D eigenvalue weighted by Crippen LogP contribution is 2.26. The topological polar surface area (TPSA) is 98.5 Å². The van der Waals surface area contributed by atoms with E-state index >= 15 is 0 Å². The minimum Gasteiger partial charge on any atom is -0.462 e. The number of halogens is 2. The summed E-state index contributed by atoms with van der Waals surface area (Å²) in [6.45, 7) is 1.70. The summed E-state index contributed by atoms with van der Waals surface area (Å²) in [5, 5.41) is 14.2. The number of benzene rings is 2. The number of ether oxygens (including phenoxy) is 1. The first-order valence-electron chi connectivity index (χ1n) is 7.04. The minimum absolute atomic E-state index is 0.0803. The van der Waals surface area contributed by atoms with Gasteiger partial charge in [0.1, 0.15) is 0 Å². The van der Waals surface area contributed by atoms with Crippen LogP contribution < -0.4 is 5.32 Å². The van der Waals surface area contributed by atoms with Crippen molar-refractivity contribution >= 4 is 46.5 Å². The van der Waals surface area contributed by atoms with Crippen LogP contribution in [0.1, 0.15) is 27.6 Å². The van der Waals surface area contributed by atoms with Gasteiger partial charge in [-0.15, -0.1) is 0 Å². The number of rotatable bonds is 5. The van der Waals surface area contributed by atoms with Crippen molar-refractivity contribution in [3.05, 3.63) is 67.7 Å². The van der Waals surface area contributed by atoms with Crippen molar-refractivity contribution < 1.29 is 19.2 Å². The maximum absolute atomic E-state index is 12.4. The number of esters is 1. The first kappa shape index (κ1) is 18.7. The molecule has 0 saturated carbocycles. The highest BCUT2D eigenvalue weighted by molar-refractivity contribution is 6.36. The number of nitro groups is 1. The number of nitro benzene ring substituents is 1. The van der Waals surface area contributed by atoms with Gasteiger partial charge in [-0.1, -0.05) is 23.2 Å². The van der Waals surface area contributed by atoms with E-state index in [9.17, 15) is 19.7 Å². The molecule has 0 heterocycles. The van der Waals surface area contributed by atoms with Crippen LogP contribution in [-0.2, 0) is 4.74 Å².